The first kappa shape index (κ1) is 29.8. The molecule has 2 unspecified atom stereocenters. The smallest absolute Gasteiger partial charge is 0.243 e. The highest BCUT2D eigenvalue weighted by atomic mass is 32.2. The summed E-state index contributed by atoms with van der Waals surface area (Å²) in [6.07, 6.45) is 5.18. The van der Waals surface area contributed by atoms with Gasteiger partial charge in [-0.1, -0.05) is 30.3 Å². The number of carbonyl (C=O) groups excluding carboxylic acids is 1. The molecule has 1 N–H and O–H groups in total. The van der Waals surface area contributed by atoms with Crippen molar-refractivity contribution in [2.45, 2.75) is 55.5 Å². The summed E-state index contributed by atoms with van der Waals surface area (Å²) in [6, 6.07) is 18.6. The molecule has 220 valence electrons. The summed E-state index contributed by atoms with van der Waals surface area (Å²) in [6.45, 7) is 0.974. The Bertz CT molecular complexity index is 1400. The number of sulfonamides is 1. The minimum absolute atomic E-state index is 0.100. The van der Waals surface area contributed by atoms with E-state index >= 15 is 0 Å². The molecule has 0 spiro atoms. The standard InChI is InChI=1S/C32H41N3O4S2/c1-34(2)32(30-9-6-20-40-30)25-12-10-23(11-13-25)22-33-31(36)21-29-28-8-5-4-7-24(28)18-19-35(29)41(37,38)27-16-14-26(39-3)15-17-27/h4-9,14-17,20,23,25,29,32H,10-13,18-19,21-22H2,1-3H3,(H,33,36). The second-order valence-corrected chi connectivity index (χ2v) is 14.3. The van der Waals surface area contributed by atoms with Gasteiger partial charge in [-0.2, -0.15) is 4.31 Å². The Labute approximate surface area is 248 Å². The molecule has 1 amide bonds. The van der Waals surface area contributed by atoms with Gasteiger partial charge in [0.1, 0.15) is 5.75 Å². The van der Waals surface area contributed by atoms with Gasteiger partial charge < -0.3 is 15.0 Å². The maximum absolute atomic E-state index is 13.8. The Morgan fingerprint density at radius 1 is 1.05 bits per heavy atom. The van der Waals surface area contributed by atoms with Gasteiger partial charge in [0.15, 0.2) is 0 Å². The van der Waals surface area contributed by atoms with E-state index in [-0.39, 0.29) is 17.2 Å². The van der Waals surface area contributed by atoms with Crippen molar-refractivity contribution in [1.29, 1.82) is 0 Å². The summed E-state index contributed by atoms with van der Waals surface area (Å²) in [7, 11) is 2.08. The van der Waals surface area contributed by atoms with Crippen LogP contribution in [0.3, 0.4) is 0 Å². The molecule has 3 aromatic rings. The van der Waals surface area contributed by atoms with E-state index < -0.39 is 16.1 Å². The average Bonchev–Trinajstić information content (AvgIpc) is 3.51. The Kier molecular flexibility index (Phi) is 9.49. The van der Waals surface area contributed by atoms with Crippen LogP contribution in [-0.4, -0.2) is 57.8 Å². The van der Waals surface area contributed by atoms with Crippen molar-refractivity contribution in [3.63, 3.8) is 0 Å². The van der Waals surface area contributed by atoms with E-state index in [4.69, 9.17) is 4.74 Å². The lowest BCUT2D eigenvalue weighted by atomic mass is 9.77. The number of thiophene rings is 1. The van der Waals surface area contributed by atoms with Crippen molar-refractivity contribution in [3.05, 3.63) is 82.0 Å². The van der Waals surface area contributed by atoms with Gasteiger partial charge in [-0.05, 0) is 105 Å². The van der Waals surface area contributed by atoms with Crippen LogP contribution < -0.4 is 10.1 Å². The van der Waals surface area contributed by atoms with Crippen LogP contribution >= 0.6 is 11.3 Å². The number of rotatable bonds is 10. The number of benzene rings is 2. The molecule has 1 fully saturated rings. The van der Waals surface area contributed by atoms with Gasteiger partial charge in [-0.25, -0.2) is 8.42 Å². The van der Waals surface area contributed by atoms with E-state index in [1.165, 1.54) is 9.18 Å². The zero-order valence-electron chi connectivity index (χ0n) is 24.2. The van der Waals surface area contributed by atoms with Gasteiger partial charge in [0.2, 0.25) is 15.9 Å². The van der Waals surface area contributed by atoms with Crippen molar-refractivity contribution in [2.24, 2.45) is 11.8 Å². The van der Waals surface area contributed by atoms with Crippen LogP contribution in [0.4, 0.5) is 0 Å². The molecule has 0 radical (unpaired) electrons. The van der Waals surface area contributed by atoms with Gasteiger partial charge in [-0.3, -0.25) is 4.79 Å². The van der Waals surface area contributed by atoms with Crippen LogP contribution in [0.2, 0.25) is 0 Å². The molecule has 1 aliphatic heterocycles. The van der Waals surface area contributed by atoms with Crippen molar-refractivity contribution in [2.75, 3.05) is 34.3 Å². The van der Waals surface area contributed by atoms with Crippen molar-refractivity contribution in [1.82, 2.24) is 14.5 Å². The summed E-state index contributed by atoms with van der Waals surface area (Å²) >= 11 is 1.83. The third-order valence-electron chi connectivity index (χ3n) is 8.72. The molecule has 1 aromatic heterocycles. The zero-order valence-corrected chi connectivity index (χ0v) is 25.8. The molecule has 2 aromatic carbocycles. The van der Waals surface area contributed by atoms with E-state index in [1.54, 1.807) is 31.4 Å². The van der Waals surface area contributed by atoms with Gasteiger partial charge in [0.25, 0.3) is 0 Å². The lowest BCUT2D eigenvalue weighted by molar-refractivity contribution is -0.122. The maximum Gasteiger partial charge on any atom is 0.243 e. The van der Waals surface area contributed by atoms with Crippen LogP contribution in [-0.2, 0) is 21.2 Å². The fourth-order valence-corrected chi connectivity index (χ4v) is 9.21. The molecule has 0 bridgehead atoms. The number of amides is 1. The first-order valence-corrected chi connectivity index (χ1v) is 16.8. The summed E-state index contributed by atoms with van der Waals surface area (Å²) < 4.78 is 34.2. The number of ether oxygens (including phenoxy) is 1. The van der Waals surface area contributed by atoms with E-state index in [2.05, 4.69) is 41.8 Å². The average molecular weight is 596 g/mol. The number of methoxy groups -OCH3 is 1. The van der Waals surface area contributed by atoms with Crippen LogP contribution in [0.5, 0.6) is 5.75 Å². The molecule has 41 heavy (non-hydrogen) atoms. The molecule has 2 aliphatic rings. The van der Waals surface area contributed by atoms with E-state index in [9.17, 15) is 13.2 Å². The quantitative estimate of drug-likeness (QED) is 0.327. The van der Waals surface area contributed by atoms with E-state index in [0.717, 1.165) is 36.8 Å². The largest absolute Gasteiger partial charge is 0.497 e. The van der Waals surface area contributed by atoms with Crippen LogP contribution in [0.15, 0.2) is 70.9 Å². The second kappa shape index (κ2) is 13.1. The molecule has 0 saturated heterocycles. The fraction of sp³-hybridized carbons (Fsp3) is 0.469. The van der Waals surface area contributed by atoms with Crippen LogP contribution in [0.1, 0.15) is 60.2 Å². The maximum atomic E-state index is 13.8. The number of fused-ring (bicyclic) bond motifs is 1. The van der Waals surface area contributed by atoms with E-state index in [1.807, 2.05) is 35.6 Å². The van der Waals surface area contributed by atoms with Crippen molar-refractivity contribution >= 4 is 27.3 Å². The van der Waals surface area contributed by atoms with Crippen molar-refractivity contribution < 1.29 is 17.9 Å². The van der Waals surface area contributed by atoms with Gasteiger partial charge >= 0.3 is 0 Å². The van der Waals surface area contributed by atoms with Crippen molar-refractivity contribution in [3.8, 4) is 5.75 Å². The monoisotopic (exact) mass is 595 g/mol. The first-order chi connectivity index (χ1) is 19.8. The molecule has 7 nitrogen and oxygen atoms in total. The molecule has 9 heteroatoms. The third-order valence-corrected chi connectivity index (χ3v) is 11.6. The summed E-state index contributed by atoms with van der Waals surface area (Å²) in [5.74, 6) is 1.56. The summed E-state index contributed by atoms with van der Waals surface area (Å²) in [4.78, 5) is 17.3. The molecule has 2 atom stereocenters. The highest BCUT2D eigenvalue weighted by Gasteiger charge is 2.38. The molecular weight excluding hydrogens is 555 g/mol. The Morgan fingerprint density at radius 3 is 2.44 bits per heavy atom. The Morgan fingerprint density at radius 2 is 1.78 bits per heavy atom. The second-order valence-electron chi connectivity index (χ2n) is 11.5. The SMILES string of the molecule is COc1ccc(S(=O)(=O)N2CCc3ccccc3C2CC(=O)NCC2CCC(C(c3cccs3)N(C)C)CC2)cc1. The number of hydrogen-bond donors (Lipinski definition) is 1. The molecule has 1 saturated carbocycles. The normalized spacial score (nSPS) is 22.2. The van der Waals surface area contributed by atoms with Gasteiger partial charge in [0, 0.05) is 30.4 Å². The molecule has 1 aliphatic carbocycles. The van der Waals surface area contributed by atoms with Crippen LogP contribution in [0.25, 0.3) is 0 Å². The zero-order chi connectivity index (χ0) is 29.0. The number of carbonyl (C=O) groups is 1. The van der Waals surface area contributed by atoms with Gasteiger partial charge in [0.05, 0.1) is 18.0 Å². The fourth-order valence-electron chi connectivity index (χ4n) is 6.59. The highest BCUT2D eigenvalue weighted by Crippen LogP contribution is 2.41. The predicted octanol–water partition coefficient (Wildman–Crippen LogP) is 5.66. The minimum atomic E-state index is -3.81. The highest BCUT2D eigenvalue weighted by molar-refractivity contribution is 7.89. The van der Waals surface area contributed by atoms with Gasteiger partial charge in [-0.15, -0.1) is 11.3 Å². The lowest BCUT2D eigenvalue weighted by Gasteiger charge is -2.37. The number of nitrogens with one attached hydrogen (secondary N) is 1. The number of nitrogens with zero attached hydrogens (tertiary/aromatic N) is 2. The van der Waals surface area contributed by atoms with Crippen LogP contribution in [0, 0.1) is 11.8 Å². The number of hydrogen-bond acceptors (Lipinski definition) is 6. The summed E-state index contributed by atoms with van der Waals surface area (Å²) in [5.41, 5.74) is 2.01. The lowest BCUT2D eigenvalue weighted by Crippen LogP contribution is -2.42. The Hall–Kier alpha value is -2.72. The molecule has 2 heterocycles. The third kappa shape index (κ3) is 6.69. The first-order valence-electron chi connectivity index (χ1n) is 14.5. The molecule has 5 rings (SSSR count). The summed E-state index contributed by atoms with van der Waals surface area (Å²) in [5, 5.41) is 5.32. The topological polar surface area (TPSA) is 79.0 Å². The molecular formula is C32H41N3O4S2. The Balaban J connectivity index is 1.23. The predicted molar refractivity (Wildman–Crippen MR) is 164 cm³/mol. The minimum Gasteiger partial charge on any atom is -0.497 e. The van der Waals surface area contributed by atoms with E-state index in [0.29, 0.717) is 43.1 Å².